The second kappa shape index (κ2) is 8.31. The van der Waals surface area contributed by atoms with Crippen LogP contribution in [0.2, 0.25) is 0 Å². The molecule has 28 heavy (non-hydrogen) atoms. The molecule has 7 heteroatoms. The summed E-state index contributed by atoms with van der Waals surface area (Å²) < 4.78 is 0. The first-order valence-electron chi connectivity index (χ1n) is 9.34. The minimum Gasteiger partial charge on any atom is -0.382 e. The van der Waals surface area contributed by atoms with E-state index < -0.39 is 0 Å². The Morgan fingerprint density at radius 1 is 1.14 bits per heavy atom. The van der Waals surface area contributed by atoms with Gasteiger partial charge in [0.25, 0.3) is 5.56 Å². The summed E-state index contributed by atoms with van der Waals surface area (Å²) in [6.45, 7) is 2.89. The summed E-state index contributed by atoms with van der Waals surface area (Å²) in [5, 5.41) is 14.2. The van der Waals surface area contributed by atoms with Gasteiger partial charge in [0.1, 0.15) is 0 Å². The number of fused-ring (bicyclic) bond motifs is 1. The van der Waals surface area contributed by atoms with E-state index in [0.717, 1.165) is 35.7 Å². The topological polar surface area (TPSA) is 85.6 Å². The Labute approximate surface area is 167 Å². The highest BCUT2D eigenvalue weighted by atomic mass is 32.1. The normalized spacial score (nSPS) is 12.2. The standard InChI is InChI=1S/C21H23N5OS/c1-14-13-23-21(28-14)22-10-9-17(11-15-5-3-2-4-6-15)24-16-7-8-18-19(12-16)25-26-20(18)27/h2-8,12-13,17,24H,9-11H2,1H3,(H,22,23)(H2,25,26,27). The van der Waals surface area contributed by atoms with Crippen molar-refractivity contribution in [2.75, 3.05) is 17.2 Å². The molecule has 0 aliphatic carbocycles. The zero-order valence-corrected chi connectivity index (χ0v) is 16.5. The Morgan fingerprint density at radius 2 is 2.00 bits per heavy atom. The van der Waals surface area contributed by atoms with Crippen molar-refractivity contribution in [2.45, 2.75) is 25.8 Å². The van der Waals surface area contributed by atoms with Gasteiger partial charge in [-0.3, -0.25) is 15.0 Å². The summed E-state index contributed by atoms with van der Waals surface area (Å²) in [4.78, 5) is 17.3. The number of benzene rings is 2. The van der Waals surface area contributed by atoms with Gasteiger partial charge in [-0.1, -0.05) is 30.3 Å². The molecule has 0 saturated carbocycles. The molecule has 0 radical (unpaired) electrons. The molecule has 6 nitrogen and oxygen atoms in total. The van der Waals surface area contributed by atoms with Gasteiger partial charge in [0.15, 0.2) is 5.13 Å². The van der Waals surface area contributed by atoms with Gasteiger partial charge < -0.3 is 10.6 Å². The molecule has 2 aromatic carbocycles. The summed E-state index contributed by atoms with van der Waals surface area (Å²) in [6.07, 6.45) is 3.75. The number of hydrogen-bond donors (Lipinski definition) is 4. The van der Waals surface area contributed by atoms with E-state index in [0.29, 0.717) is 5.39 Å². The molecule has 4 aromatic rings. The lowest BCUT2D eigenvalue weighted by molar-refractivity contribution is 0.670. The van der Waals surface area contributed by atoms with E-state index in [2.05, 4.69) is 57.0 Å². The summed E-state index contributed by atoms with van der Waals surface area (Å²) in [5.41, 5.74) is 3.00. The van der Waals surface area contributed by atoms with E-state index >= 15 is 0 Å². The van der Waals surface area contributed by atoms with Crippen LogP contribution in [0.15, 0.2) is 59.5 Å². The van der Waals surface area contributed by atoms with Crippen LogP contribution in [0.5, 0.6) is 0 Å². The molecule has 0 spiro atoms. The number of anilines is 2. The van der Waals surface area contributed by atoms with E-state index in [4.69, 9.17) is 0 Å². The Bertz CT molecular complexity index is 1100. The lowest BCUT2D eigenvalue weighted by atomic mass is 10.0. The third-order valence-electron chi connectivity index (χ3n) is 4.66. The molecular weight excluding hydrogens is 370 g/mol. The Morgan fingerprint density at radius 3 is 2.79 bits per heavy atom. The summed E-state index contributed by atoms with van der Waals surface area (Å²) >= 11 is 1.67. The average molecular weight is 394 g/mol. The van der Waals surface area contributed by atoms with E-state index in [-0.39, 0.29) is 11.6 Å². The number of H-pyrrole nitrogens is 2. The Kier molecular flexibility index (Phi) is 5.43. The van der Waals surface area contributed by atoms with Crippen LogP contribution in [0.1, 0.15) is 16.9 Å². The van der Waals surface area contributed by atoms with Crippen molar-refractivity contribution < 1.29 is 0 Å². The molecule has 4 rings (SSSR count). The maximum atomic E-state index is 11.7. The van der Waals surface area contributed by atoms with Gasteiger partial charge in [-0.25, -0.2) is 4.98 Å². The molecule has 1 atom stereocenters. The molecule has 0 amide bonds. The molecule has 0 bridgehead atoms. The van der Waals surface area contributed by atoms with Crippen LogP contribution < -0.4 is 16.2 Å². The second-order valence-corrected chi connectivity index (χ2v) is 8.10. The number of nitrogens with zero attached hydrogens (tertiary/aromatic N) is 1. The second-order valence-electron chi connectivity index (χ2n) is 6.86. The van der Waals surface area contributed by atoms with Gasteiger partial charge in [0, 0.05) is 29.3 Å². The van der Waals surface area contributed by atoms with Crippen LogP contribution in [-0.2, 0) is 6.42 Å². The van der Waals surface area contributed by atoms with E-state index in [1.165, 1.54) is 10.4 Å². The zero-order chi connectivity index (χ0) is 19.3. The molecule has 144 valence electrons. The number of nitrogens with one attached hydrogen (secondary N) is 4. The van der Waals surface area contributed by atoms with Crippen molar-refractivity contribution in [2.24, 2.45) is 0 Å². The fourth-order valence-corrected chi connectivity index (χ4v) is 3.97. The van der Waals surface area contributed by atoms with Crippen LogP contribution in [-0.4, -0.2) is 27.8 Å². The lowest BCUT2D eigenvalue weighted by Crippen LogP contribution is -2.25. The van der Waals surface area contributed by atoms with Gasteiger partial charge in [-0.2, -0.15) is 0 Å². The van der Waals surface area contributed by atoms with Crippen molar-refractivity contribution in [3.63, 3.8) is 0 Å². The van der Waals surface area contributed by atoms with Crippen molar-refractivity contribution >= 4 is 33.1 Å². The highest BCUT2D eigenvalue weighted by molar-refractivity contribution is 7.15. The summed E-state index contributed by atoms with van der Waals surface area (Å²) in [5.74, 6) is 0. The molecule has 0 fully saturated rings. The summed E-state index contributed by atoms with van der Waals surface area (Å²) in [6, 6.07) is 16.5. The van der Waals surface area contributed by atoms with Crippen molar-refractivity contribution in [3.05, 3.63) is 75.5 Å². The van der Waals surface area contributed by atoms with Crippen LogP contribution >= 0.6 is 11.3 Å². The number of aromatic amines is 2. The molecule has 4 N–H and O–H groups in total. The molecule has 2 heterocycles. The average Bonchev–Trinajstić information content (AvgIpc) is 3.28. The summed E-state index contributed by atoms with van der Waals surface area (Å²) in [7, 11) is 0. The predicted molar refractivity (Wildman–Crippen MR) is 116 cm³/mol. The van der Waals surface area contributed by atoms with Crippen LogP contribution in [0.4, 0.5) is 10.8 Å². The van der Waals surface area contributed by atoms with E-state index in [1.807, 2.05) is 30.5 Å². The number of aromatic nitrogens is 3. The fraction of sp³-hybridized carbons (Fsp3) is 0.238. The molecule has 2 aromatic heterocycles. The molecule has 0 saturated heterocycles. The minimum atomic E-state index is -0.0923. The maximum Gasteiger partial charge on any atom is 0.271 e. The fourth-order valence-electron chi connectivity index (χ4n) is 3.28. The van der Waals surface area contributed by atoms with Crippen molar-refractivity contribution in [3.8, 4) is 0 Å². The highest BCUT2D eigenvalue weighted by Crippen LogP contribution is 2.19. The van der Waals surface area contributed by atoms with Crippen LogP contribution in [0.25, 0.3) is 10.9 Å². The van der Waals surface area contributed by atoms with Gasteiger partial charge in [0.2, 0.25) is 0 Å². The monoisotopic (exact) mass is 393 g/mol. The largest absolute Gasteiger partial charge is 0.382 e. The smallest absolute Gasteiger partial charge is 0.271 e. The molecular formula is C21H23N5OS. The number of hydrogen-bond acceptors (Lipinski definition) is 5. The van der Waals surface area contributed by atoms with Crippen molar-refractivity contribution in [1.29, 1.82) is 0 Å². The third-order valence-corrected chi connectivity index (χ3v) is 5.53. The first-order chi connectivity index (χ1) is 13.7. The van der Waals surface area contributed by atoms with E-state index in [9.17, 15) is 4.79 Å². The van der Waals surface area contributed by atoms with Gasteiger partial charge in [-0.05, 0) is 43.5 Å². The Hall–Kier alpha value is -3.06. The molecule has 0 aliphatic rings. The lowest BCUT2D eigenvalue weighted by Gasteiger charge is -2.20. The molecule has 1 unspecified atom stereocenters. The third kappa shape index (κ3) is 4.43. The van der Waals surface area contributed by atoms with Gasteiger partial charge in [-0.15, -0.1) is 11.3 Å². The number of thiazole rings is 1. The minimum absolute atomic E-state index is 0.0923. The number of rotatable bonds is 8. The quantitative estimate of drug-likeness (QED) is 0.362. The van der Waals surface area contributed by atoms with Gasteiger partial charge >= 0.3 is 0 Å². The van der Waals surface area contributed by atoms with E-state index in [1.54, 1.807) is 11.3 Å². The zero-order valence-electron chi connectivity index (χ0n) is 15.7. The number of aryl methyl sites for hydroxylation is 1. The predicted octanol–water partition coefficient (Wildman–Crippen LogP) is 4.15. The van der Waals surface area contributed by atoms with Crippen LogP contribution in [0.3, 0.4) is 0 Å². The Balaban J connectivity index is 1.46. The first-order valence-corrected chi connectivity index (χ1v) is 10.2. The van der Waals surface area contributed by atoms with Crippen molar-refractivity contribution in [1.82, 2.24) is 15.2 Å². The molecule has 0 aliphatic heterocycles. The highest BCUT2D eigenvalue weighted by Gasteiger charge is 2.11. The van der Waals surface area contributed by atoms with Gasteiger partial charge in [0.05, 0.1) is 10.9 Å². The first kappa shape index (κ1) is 18.3. The van der Waals surface area contributed by atoms with Crippen LogP contribution in [0, 0.1) is 6.92 Å². The maximum absolute atomic E-state index is 11.7. The SMILES string of the molecule is Cc1cnc(NCCC(Cc2ccccc2)Nc2ccc3c(=O)[nH][nH]c3c2)s1.